The summed E-state index contributed by atoms with van der Waals surface area (Å²) in [6, 6.07) is 25.2. The van der Waals surface area contributed by atoms with Gasteiger partial charge in [-0.1, -0.05) is 95.0 Å². The highest BCUT2D eigenvalue weighted by Crippen LogP contribution is 2.30. The van der Waals surface area contributed by atoms with E-state index in [0.717, 1.165) is 21.0 Å². The zero-order valence-electron chi connectivity index (χ0n) is 25.8. The fourth-order valence-corrected chi connectivity index (χ4v) is 7.13. The number of hydrogen-bond acceptors (Lipinski definition) is 4. The lowest BCUT2D eigenvalue weighted by atomic mass is 10.0. The van der Waals surface area contributed by atoms with Gasteiger partial charge in [0.05, 0.1) is 10.6 Å². The van der Waals surface area contributed by atoms with Crippen molar-refractivity contribution in [1.82, 2.24) is 10.2 Å². The van der Waals surface area contributed by atoms with Gasteiger partial charge < -0.3 is 10.2 Å². The second kappa shape index (κ2) is 15.0. The normalized spacial score (nSPS) is 12.0. The summed E-state index contributed by atoms with van der Waals surface area (Å²) in [5.41, 5.74) is 4.18. The molecule has 4 rings (SSSR count). The van der Waals surface area contributed by atoms with Crippen molar-refractivity contribution in [2.24, 2.45) is 0 Å². The third-order valence-corrected chi connectivity index (χ3v) is 10.0. The molecular formula is C35H37Cl2N3O4S. The molecule has 7 nitrogen and oxygen atoms in total. The number of carbonyl (C=O) groups is 2. The number of nitrogens with zero attached hydrogens (tertiary/aromatic N) is 2. The molecule has 2 amide bonds. The van der Waals surface area contributed by atoms with Crippen LogP contribution in [0.1, 0.15) is 34.7 Å². The lowest BCUT2D eigenvalue weighted by molar-refractivity contribution is -0.140. The number of amides is 2. The van der Waals surface area contributed by atoms with Crippen molar-refractivity contribution < 1.29 is 18.0 Å². The first-order valence-electron chi connectivity index (χ1n) is 14.6. The van der Waals surface area contributed by atoms with E-state index in [4.69, 9.17) is 23.2 Å². The number of benzene rings is 4. The standard InChI is InChI=1S/C35H37Cl2N3O4S/c1-5-38-35(42)33(21-27-10-7-6-8-11-27)39(22-29-30(36)12-9-13-31(29)37)34(41)23-40(32-19-16-25(3)20-26(32)4)45(43,44)28-17-14-24(2)15-18-28/h6-20,33H,5,21-23H2,1-4H3,(H,38,42). The summed E-state index contributed by atoms with van der Waals surface area (Å²) in [6.45, 7) is 7.05. The van der Waals surface area contributed by atoms with E-state index in [1.807, 2.05) is 50.2 Å². The van der Waals surface area contributed by atoms with Crippen molar-refractivity contribution in [3.05, 3.63) is 129 Å². The number of anilines is 1. The highest BCUT2D eigenvalue weighted by molar-refractivity contribution is 7.92. The van der Waals surface area contributed by atoms with E-state index in [9.17, 15) is 18.0 Å². The number of hydrogen-bond donors (Lipinski definition) is 1. The van der Waals surface area contributed by atoms with Crippen molar-refractivity contribution >= 4 is 50.7 Å². The van der Waals surface area contributed by atoms with Gasteiger partial charge in [0, 0.05) is 35.1 Å². The van der Waals surface area contributed by atoms with E-state index >= 15 is 0 Å². The zero-order chi connectivity index (χ0) is 32.7. The minimum Gasteiger partial charge on any atom is -0.355 e. The number of nitrogens with one attached hydrogen (secondary N) is 1. The van der Waals surface area contributed by atoms with E-state index < -0.39 is 28.5 Å². The predicted molar refractivity (Wildman–Crippen MR) is 181 cm³/mol. The van der Waals surface area contributed by atoms with Gasteiger partial charge in [0.25, 0.3) is 10.0 Å². The van der Waals surface area contributed by atoms with Crippen molar-refractivity contribution in [3.8, 4) is 0 Å². The first-order valence-corrected chi connectivity index (χ1v) is 16.8. The molecule has 45 heavy (non-hydrogen) atoms. The summed E-state index contributed by atoms with van der Waals surface area (Å²) in [7, 11) is -4.21. The van der Waals surface area contributed by atoms with Gasteiger partial charge in [0.1, 0.15) is 12.6 Å². The molecular weight excluding hydrogens is 629 g/mol. The summed E-state index contributed by atoms with van der Waals surface area (Å²) in [4.78, 5) is 29.6. The predicted octanol–water partition coefficient (Wildman–Crippen LogP) is 6.89. The Morgan fingerprint density at radius 2 is 1.44 bits per heavy atom. The average Bonchev–Trinajstić information content (AvgIpc) is 3.00. The molecule has 4 aromatic rings. The number of likely N-dealkylation sites (N-methyl/N-ethyl adjacent to an activating group) is 1. The maximum atomic E-state index is 14.6. The van der Waals surface area contributed by atoms with E-state index in [0.29, 0.717) is 33.4 Å². The Morgan fingerprint density at radius 1 is 0.822 bits per heavy atom. The molecule has 0 aliphatic rings. The topological polar surface area (TPSA) is 86.8 Å². The number of halogens is 2. The van der Waals surface area contributed by atoms with Crippen LogP contribution >= 0.6 is 23.2 Å². The van der Waals surface area contributed by atoms with Crippen molar-refractivity contribution in [2.45, 2.75) is 51.6 Å². The van der Waals surface area contributed by atoms with Gasteiger partial charge in [-0.25, -0.2) is 8.42 Å². The van der Waals surface area contributed by atoms with Crippen molar-refractivity contribution in [3.63, 3.8) is 0 Å². The first-order chi connectivity index (χ1) is 21.4. The van der Waals surface area contributed by atoms with Crippen LogP contribution in [0.25, 0.3) is 0 Å². The Labute approximate surface area is 275 Å². The molecule has 0 saturated heterocycles. The summed E-state index contributed by atoms with van der Waals surface area (Å²) in [5.74, 6) is -0.967. The lowest BCUT2D eigenvalue weighted by Gasteiger charge is -2.34. The van der Waals surface area contributed by atoms with E-state index in [1.165, 1.54) is 17.0 Å². The molecule has 0 aromatic heterocycles. The van der Waals surface area contributed by atoms with Gasteiger partial charge in [-0.15, -0.1) is 0 Å². The Kier molecular flexibility index (Phi) is 11.3. The van der Waals surface area contributed by atoms with Crippen LogP contribution in [0.2, 0.25) is 10.0 Å². The fourth-order valence-electron chi connectivity index (χ4n) is 5.14. The second-order valence-corrected chi connectivity index (χ2v) is 13.6. The number of carbonyl (C=O) groups excluding carboxylic acids is 2. The number of sulfonamides is 1. The molecule has 1 atom stereocenters. The monoisotopic (exact) mass is 665 g/mol. The third kappa shape index (κ3) is 8.25. The zero-order valence-corrected chi connectivity index (χ0v) is 28.1. The van der Waals surface area contributed by atoms with E-state index in [-0.39, 0.29) is 23.8 Å². The Balaban J connectivity index is 1.85. The molecule has 1 N–H and O–H groups in total. The summed E-state index contributed by atoms with van der Waals surface area (Å²) in [5, 5.41) is 3.50. The van der Waals surface area contributed by atoms with Gasteiger partial charge >= 0.3 is 0 Å². The molecule has 0 bridgehead atoms. The van der Waals surface area contributed by atoms with Gasteiger partial charge in [-0.05, 0) is 69.2 Å². The largest absolute Gasteiger partial charge is 0.355 e. The molecule has 0 spiro atoms. The molecule has 0 aliphatic carbocycles. The highest BCUT2D eigenvalue weighted by Gasteiger charge is 2.35. The summed E-state index contributed by atoms with van der Waals surface area (Å²) in [6.07, 6.45) is 0.189. The van der Waals surface area contributed by atoms with Crippen LogP contribution in [-0.2, 0) is 32.6 Å². The van der Waals surface area contributed by atoms with Crippen LogP contribution in [-0.4, -0.2) is 44.3 Å². The van der Waals surface area contributed by atoms with Crippen LogP contribution in [0.3, 0.4) is 0 Å². The lowest BCUT2D eigenvalue weighted by Crippen LogP contribution is -2.53. The quantitative estimate of drug-likeness (QED) is 0.179. The molecule has 0 saturated carbocycles. The molecule has 1 unspecified atom stereocenters. The third-order valence-electron chi connectivity index (χ3n) is 7.52. The molecule has 10 heteroatoms. The van der Waals surface area contributed by atoms with Crippen molar-refractivity contribution in [2.75, 3.05) is 17.4 Å². The van der Waals surface area contributed by atoms with Crippen LogP contribution in [0, 0.1) is 20.8 Å². The van der Waals surface area contributed by atoms with E-state index in [2.05, 4.69) is 5.32 Å². The maximum Gasteiger partial charge on any atom is 0.264 e. The Hall–Kier alpha value is -3.85. The fraction of sp³-hybridized carbons (Fsp3) is 0.257. The Morgan fingerprint density at radius 3 is 2.04 bits per heavy atom. The van der Waals surface area contributed by atoms with Gasteiger partial charge in [-0.2, -0.15) is 0 Å². The SMILES string of the molecule is CCNC(=O)C(Cc1ccccc1)N(Cc1c(Cl)cccc1Cl)C(=O)CN(c1ccc(C)cc1C)S(=O)(=O)c1ccc(C)cc1. The van der Waals surface area contributed by atoms with Crippen LogP contribution in [0.15, 0.2) is 95.9 Å². The minimum absolute atomic E-state index is 0.0473. The molecule has 0 fully saturated rings. The minimum atomic E-state index is -4.21. The van der Waals surface area contributed by atoms with Crippen LogP contribution in [0.4, 0.5) is 5.69 Å². The average molecular weight is 667 g/mol. The number of rotatable bonds is 12. The Bertz CT molecular complexity index is 1740. The molecule has 0 radical (unpaired) electrons. The summed E-state index contributed by atoms with van der Waals surface area (Å²) >= 11 is 13.1. The van der Waals surface area contributed by atoms with Crippen molar-refractivity contribution in [1.29, 1.82) is 0 Å². The maximum absolute atomic E-state index is 14.6. The summed E-state index contributed by atoms with van der Waals surface area (Å²) < 4.78 is 29.6. The van der Waals surface area contributed by atoms with Gasteiger partial charge in [0.15, 0.2) is 0 Å². The molecule has 236 valence electrons. The first kappa shape index (κ1) is 34.0. The smallest absolute Gasteiger partial charge is 0.264 e. The molecule has 0 aliphatic heterocycles. The second-order valence-electron chi connectivity index (χ2n) is 10.9. The highest BCUT2D eigenvalue weighted by atomic mass is 35.5. The van der Waals surface area contributed by atoms with Gasteiger partial charge in [0.2, 0.25) is 11.8 Å². The van der Waals surface area contributed by atoms with Gasteiger partial charge in [-0.3, -0.25) is 13.9 Å². The van der Waals surface area contributed by atoms with Crippen LogP contribution < -0.4 is 9.62 Å². The molecule has 4 aromatic carbocycles. The van der Waals surface area contributed by atoms with Crippen LogP contribution in [0.5, 0.6) is 0 Å². The molecule has 0 heterocycles. The van der Waals surface area contributed by atoms with E-state index in [1.54, 1.807) is 56.3 Å². The number of aryl methyl sites for hydroxylation is 3.